The Kier molecular flexibility index (Phi) is 4.52. The summed E-state index contributed by atoms with van der Waals surface area (Å²) in [6.45, 7) is 2.72. The van der Waals surface area contributed by atoms with E-state index in [1.807, 2.05) is 44.3 Å². The maximum atomic E-state index is 8.89. The number of benzene rings is 1. The maximum absolute atomic E-state index is 8.89. The Balaban J connectivity index is 2.32. The van der Waals surface area contributed by atoms with Gasteiger partial charge in [0.2, 0.25) is 0 Å². The van der Waals surface area contributed by atoms with Crippen molar-refractivity contribution in [1.82, 2.24) is 0 Å². The monoisotopic (exact) mass is 309 g/mol. The molecule has 0 aliphatic rings. The van der Waals surface area contributed by atoms with E-state index in [9.17, 15) is 0 Å². The van der Waals surface area contributed by atoms with Crippen LogP contribution in [0.15, 0.2) is 35.5 Å². The van der Waals surface area contributed by atoms with Crippen molar-refractivity contribution in [3.05, 3.63) is 50.7 Å². The zero-order valence-electron chi connectivity index (χ0n) is 11.3. The lowest BCUT2D eigenvalue weighted by Crippen LogP contribution is -2.22. The van der Waals surface area contributed by atoms with E-state index in [1.165, 1.54) is 0 Å². The zero-order valence-corrected chi connectivity index (χ0v) is 12.9. The Hall–Kier alpha value is -1.72. The predicted octanol–water partition coefficient (Wildman–Crippen LogP) is 3.44. The lowest BCUT2D eigenvalue weighted by atomic mass is 10.1. The minimum absolute atomic E-state index is 0.107. The SMILES string of the molecule is Cc1ccc(C(N)=NO)c(N(C)Cc2ccc(Cl)s2)c1. The summed E-state index contributed by atoms with van der Waals surface area (Å²) in [4.78, 5) is 3.21. The van der Waals surface area contributed by atoms with Crippen molar-refractivity contribution in [2.24, 2.45) is 10.9 Å². The van der Waals surface area contributed by atoms with E-state index < -0.39 is 0 Å². The first-order chi connectivity index (χ1) is 9.51. The van der Waals surface area contributed by atoms with Gasteiger partial charge in [0.15, 0.2) is 5.84 Å². The average molecular weight is 310 g/mol. The lowest BCUT2D eigenvalue weighted by molar-refractivity contribution is 0.318. The van der Waals surface area contributed by atoms with Crippen LogP contribution >= 0.6 is 22.9 Å². The molecule has 0 radical (unpaired) electrons. The van der Waals surface area contributed by atoms with E-state index in [0.717, 1.165) is 20.5 Å². The molecule has 0 unspecified atom stereocenters. The van der Waals surface area contributed by atoms with Crippen LogP contribution in [-0.4, -0.2) is 18.1 Å². The Morgan fingerprint density at radius 3 is 2.75 bits per heavy atom. The van der Waals surface area contributed by atoms with Gasteiger partial charge in [-0.2, -0.15) is 0 Å². The molecule has 3 N–H and O–H groups in total. The topological polar surface area (TPSA) is 61.9 Å². The third-order valence-corrected chi connectivity index (χ3v) is 4.19. The molecular weight excluding hydrogens is 294 g/mol. The maximum Gasteiger partial charge on any atom is 0.172 e. The van der Waals surface area contributed by atoms with E-state index in [1.54, 1.807) is 11.3 Å². The van der Waals surface area contributed by atoms with Crippen LogP contribution in [0.5, 0.6) is 0 Å². The smallest absolute Gasteiger partial charge is 0.172 e. The van der Waals surface area contributed by atoms with Crippen molar-refractivity contribution >= 4 is 34.5 Å². The van der Waals surface area contributed by atoms with Crippen LogP contribution in [0.1, 0.15) is 16.0 Å². The first-order valence-electron chi connectivity index (χ1n) is 6.05. The number of aryl methyl sites for hydroxylation is 1. The summed E-state index contributed by atoms with van der Waals surface area (Å²) >= 11 is 7.49. The van der Waals surface area contributed by atoms with E-state index in [-0.39, 0.29) is 5.84 Å². The molecule has 1 aromatic carbocycles. The quantitative estimate of drug-likeness (QED) is 0.393. The Labute approximate surface area is 127 Å². The van der Waals surface area contributed by atoms with Gasteiger partial charge in [-0.3, -0.25) is 0 Å². The van der Waals surface area contributed by atoms with Gasteiger partial charge in [0.1, 0.15) is 0 Å². The van der Waals surface area contributed by atoms with Gasteiger partial charge in [-0.05, 0) is 36.8 Å². The number of oxime groups is 1. The molecule has 1 heterocycles. The molecule has 0 aliphatic carbocycles. The fraction of sp³-hybridized carbons (Fsp3) is 0.214. The van der Waals surface area contributed by atoms with Crippen LogP contribution in [0.4, 0.5) is 5.69 Å². The predicted molar refractivity (Wildman–Crippen MR) is 85.1 cm³/mol. The number of hydrogen-bond donors (Lipinski definition) is 2. The van der Waals surface area contributed by atoms with Gasteiger partial charge in [0.25, 0.3) is 0 Å². The van der Waals surface area contributed by atoms with Gasteiger partial charge in [0, 0.05) is 23.2 Å². The second-order valence-electron chi connectivity index (χ2n) is 4.57. The number of anilines is 1. The van der Waals surface area contributed by atoms with Gasteiger partial charge in [-0.25, -0.2) is 0 Å². The van der Waals surface area contributed by atoms with Gasteiger partial charge < -0.3 is 15.8 Å². The van der Waals surface area contributed by atoms with Crippen LogP contribution in [0.3, 0.4) is 0 Å². The highest BCUT2D eigenvalue weighted by molar-refractivity contribution is 7.16. The number of amidine groups is 1. The average Bonchev–Trinajstić information content (AvgIpc) is 2.83. The Morgan fingerprint density at radius 2 is 2.15 bits per heavy atom. The number of halogens is 1. The molecule has 0 bridgehead atoms. The fourth-order valence-corrected chi connectivity index (χ4v) is 3.12. The molecule has 0 saturated heterocycles. The molecule has 0 spiro atoms. The minimum Gasteiger partial charge on any atom is -0.409 e. The summed E-state index contributed by atoms with van der Waals surface area (Å²) in [5, 5.41) is 12.0. The number of nitrogens with zero attached hydrogens (tertiary/aromatic N) is 2. The molecule has 0 amide bonds. The largest absolute Gasteiger partial charge is 0.409 e. The summed E-state index contributed by atoms with van der Waals surface area (Å²) in [5.41, 5.74) is 8.48. The van der Waals surface area contributed by atoms with Gasteiger partial charge >= 0.3 is 0 Å². The lowest BCUT2D eigenvalue weighted by Gasteiger charge is -2.22. The molecule has 20 heavy (non-hydrogen) atoms. The highest BCUT2D eigenvalue weighted by Crippen LogP contribution is 2.26. The summed E-state index contributed by atoms with van der Waals surface area (Å²) in [6.07, 6.45) is 0. The van der Waals surface area contributed by atoms with Crippen LogP contribution in [0, 0.1) is 6.92 Å². The number of rotatable bonds is 4. The highest BCUT2D eigenvalue weighted by atomic mass is 35.5. The number of thiophene rings is 1. The summed E-state index contributed by atoms with van der Waals surface area (Å²) < 4.78 is 0.773. The Bertz CT molecular complexity index is 639. The van der Waals surface area contributed by atoms with Crippen molar-refractivity contribution in [2.45, 2.75) is 13.5 Å². The van der Waals surface area contributed by atoms with Crippen LogP contribution in [0.2, 0.25) is 4.34 Å². The highest BCUT2D eigenvalue weighted by Gasteiger charge is 2.12. The second-order valence-corrected chi connectivity index (χ2v) is 6.37. The first kappa shape index (κ1) is 14.7. The fourth-order valence-electron chi connectivity index (χ4n) is 1.98. The molecule has 0 fully saturated rings. The molecule has 1 aromatic heterocycles. The summed E-state index contributed by atoms with van der Waals surface area (Å²) in [7, 11) is 1.97. The Morgan fingerprint density at radius 1 is 1.40 bits per heavy atom. The molecule has 4 nitrogen and oxygen atoms in total. The third kappa shape index (κ3) is 3.23. The molecule has 106 valence electrons. The van der Waals surface area contributed by atoms with E-state index in [2.05, 4.69) is 10.1 Å². The van der Waals surface area contributed by atoms with Crippen molar-refractivity contribution in [1.29, 1.82) is 0 Å². The van der Waals surface area contributed by atoms with E-state index in [0.29, 0.717) is 12.1 Å². The molecule has 6 heteroatoms. The summed E-state index contributed by atoms with van der Waals surface area (Å²) in [5.74, 6) is 0.107. The molecule has 0 saturated carbocycles. The van der Waals surface area contributed by atoms with Crippen molar-refractivity contribution in [3.8, 4) is 0 Å². The molecular formula is C14H16ClN3OS. The summed E-state index contributed by atoms with van der Waals surface area (Å²) in [6, 6.07) is 9.70. The third-order valence-electron chi connectivity index (χ3n) is 2.97. The molecule has 2 aromatic rings. The van der Waals surface area contributed by atoms with Crippen molar-refractivity contribution in [2.75, 3.05) is 11.9 Å². The second kappa shape index (κ2) is 6.15. The standard InChI is InChI=1S/C14H16ClN3OS/c1-9-3-5-11(14(16)17-19)12(7-9)18(2)8-10-4-6-13(15)20-10/h3-7,19H,8H2,1-2H3,(H2,16,17). The van der Waals surface area contributed by atoms with Crippen LogP contribution in [-0.2, 0) is 6.54 Å². The van der Waals surface area contributed by atoms with Gasteiger partial charge in [0.05, 0.1) is 10.9 Å². The first-order valence-corrected chi connectivity index (χ1v) is 7.24. The van der Waals surface area contributed by atoms with Crippen molar-refractivity contribution < 1.29 is 5.21 Å². The van der Waals surface area contributed by atoms with Gasteiger partial charge in [-0.1, -0.05) is 22.8 Å². The van der Waals surface area contributed by atoms with Gasteiger partial charge in [-0.15, -0.1) is 11.3 Å². The molecule has 2 rings (SSSR count). The normalized spacial score (nSPS) is 11.7. The van der Waals surface area contributed by atoms with Crippen LogP contribution < -0.4 is 10.6 Å². The molecule has 0 aliphatic heterocycles. The van der Waals surface area contributed by atoms with E-state index in [4.69, 9.17) is 22.5 Å². The van der Waals surface area contributed by atoms with E-state index >= 15 is 0 Å². The number of nitrogens with two attached hydrogens (primary N) is 1. The minimum atomic E-state index is 0.107. The number of hydrogen-bond acceptors (Lipinski definition) is 4. The van der Waals surface area contributed by atoms with Crippen molar-refractivity contribution in [3.63, 3.8) is 0 Å². The zero-order chi connectivity index (χ0) is 14.7. The molecule has 0 atom stereocenters. The van der Waals surface area contributed by atoms with Crippen LogP contribution in [0.25, 0.3) is 0 Å².